The number of thioether (sulfide) groups is 2. The third-order valence-corrected chi connectivity index (χ3v) is 8.82. The first-order valence-corrected chi connectivity index (χ1v) is 14.6. The minimum absolute atomic E-state index is 0.0204. The number of hydrogen-bond acceptors (Lipinski definition) is 15. The number of carboxylic acids is 2. The van der Waals surface area contributed by atoms with Crippen LogP contribution in [0.1, 0.15) is 5.69 Å². The van der Waals surface area contributed by atoms with E-state index in [0.29, 0.717) is 17.3 Å². The van der Waals surface area contributed by atoms with E-state index in [1.165, 1.54) is 28.9 Å². The summed E-state index contributed by atoms with van der Waals surface area (Å²) < 4.78 is 0. The van der Waals surface area contributed by atoms with Gasteiger partial charge in [0, 0.05) is 23.4 Å². The Hall–Kier alpha value is -4.07. The molecule has 4 heterocycles. The second-order valence-electron chi connectivity index (χ2n) is 8.50. The van der Waals surface area contributed by atoms with E-state index in [9.17, 15) is 24.3 Å². The van der Waals surface area contributed by atoms with Crippen molar-refractivity contribution < 1.29 is 34.2 Å². The molecule has 3 atom stereocenters. The minimum atomic E-state index is -1.32. The number of amidine groups is 1. The molecule has 9 N–H and O–H groups in total. The highest BCUT2D eigenvalue weighted by Gasteiger charge is 2.54. The number of hydrogen-bond donors (Lipinski definition) is 6. The highest BCUT2D eigenvalue weighted by atomic mass is 32.2. The molecule has 0 spiro atoms. The number of oxime groups is 1. The zero-order chi connectivity index (χ0) is 29.8. The highest BCUT2D eigenvalue weighted by molar-refractivity contribution is 8.14. The number of anilines is 1. The molecule has 3 aliphatic rings. The van der Waals surface area contributed by atoms with Crippen molar-refractivity contribution in [1.82, 2.24) is 20.1 Å². The van der Waals surface area contributed by atoms with Crippen molar-refractivity contribution >= 4 is 74.6 Å². The molecule has 2 unspecified atom stereocenters. The number of carboxylic acid groups (broad SMARTS) is 2. The summed E-state index contributed by atoms with van der Waals surface area (Å²) >= 11 is 3.52. The van der Waals surface area contributed by atoms with Gasteiger partial charge in [0.1, 0.15) is 34.8 Å². The van der Waals surface area contributed by atoms with Crippen LogP contribution in [0.5, 0.6) is 0 Å². The molecule has 0 radical (unpaired) electrons. The molecule has 3 aliphatic heterocycles. The average molecular weight is 624 g/mol. The molecule has 0 saturated carbocycles. The van der Waals surface area contributed by atoms with Gasteiger partial charge in [-0.1, -0.05) is 23.0 Å². The number of aliphatic carboxylic acids is 2. The second-order valence-corrected chi connectivity index (χ2v) is 11.4. The Balaban J connectivity index is 1.49. The number of aromatic nitrogens is 1. The Morgan fingerprint density at radius 1 is 1.34 bits per heavy atom. The monoisotopic (exact) mass is 623 g/mol. The summed E-state index contributed by atoms with van der Waals surface area (Å²) in [6, 6.07) is -1.08. The van der Waals surface area contributed by atoms with Crippen LogP contribution < -0.4 is 22.5 Å². The number of carbonyl (C=O) groups is 4. The van der Waals surface area contributed by atoms with E-state index in [-0.39, 0.29) is 39.6 Å². The maximum Gasteiger partial charge on any atom is 0.352 e. The first-order valence-electron chi connectivity index (χ1n) is 11.7. The van der Waals surface area contributed by atoms with Crippen molar-refractivity contribution in [3.05, 3.63) is 46.9 Å². The van der Waals surface area contributed by atoms with Gasteiger partial charge < -0.3 is 42.5 Å². The summed E-state index contributed by atoms with van der Waals surface area (Å²) in [5, 5.41) is 26.2. The highest BCUT2D eigenvalue weighted by Crippen LogP contribution is 2.41. The Morgan fingerprint density at radius 2 is 2.10 bits per heavy atom. The van der Waals surface area contributed by atoms with Crippen LogP contribution >= 0.6 is 34.9 Å². The number of rotatable bonds is 11. The summed E-state index contributed by atoms with van der Waals surface area (Å²) in [6.07, 6.45) is 2.71. The quantitative estimate of drug-likeness (QED) is 0.0744. The number of thiazole rings is 1. The van der Waals surface area contributed by atoms with Crippen LogP contribution in [0.25, 0.3) is 0 Å². The number of β-lactam (4-membered cyclic amide) rings is 1. The molecule has 0 aliphatic carbocycles. The molecule has 1 aromatic rings. The van der Waals surface area contributed by atoms with Crippen molar-refractivity contribution in [1.29, 1.82) is 0 Å². The van der Waals surface area contributed by atoms with E-state index in [1.807, 2.05) is 0 Å². The summed E-state index contributed by atoms with van der Waals surface area (Å²) in [6.45, 7) is 3.30. The van der Waals surface area contributed by atoms with Crippen molar-refractivity contribution in [2.45, 2.75) is 17.6 Å². The lowest BCUT2D eigenvalue weighted by molar-refractivity contribution is -0.150. The molecule has 16 nitrogen and oxygen atoms in total. The lowest BCUT2D eigenvalue weighted by atomic mass is 10.0. The van der Waals surface area contributed by atoms with Gasteiger partial charge in [-0.05, 0) is 11.6 Å². The van der Waals surface area contributed by atoms with Crippen LogP contribution in [-0.2, 0) is 24.0 Å². The molecule has 218 valence electrons. The third kappa shape index (κ3) is 6.47. The summed E-state index contributed by atoms with van der Waals surface area (Å²) in [5.74, 6) is -3.44. The van der Waals surface area contributed by atoms with Gasteiger partial charge in [0.15, 0.2) is 16.0 Å². The summed E-state index contributed by atoms with van der Waals surface area (Å²) in [7, 11) is 0. The fourth-order valence-electron chi connectivity index (χ4n) is 3.97. The fraction of sp³-hybridized carbons (Fsp3) is 0.318. The van der Waals surface area contributed by atoms with E-state index in [1.54, 1.807) is 17.1 Å². The van der Waals surface area contributed by atoms with Gasteiger partial charge in [-0.2, -0.15) is 0 Å². The van der Waals surface area contributed by atoms with Gasteiger partial charge >= 0.3 is 11.9 Å². The molecular formula is C22H25N9O7S3. The summed E-state index contributed by atoms with van der Waals surface area (Å²) in [5.41, 5.74) is 17.6. The van der Waals surface area contributed by atoms with Crippen molar-refractivity contribution in [3.8, 4) is 0 Å². The SMILES string of the molecule is C=CCN1C(SCC2=C(C(=O)O)N3C(=O)C(NC(=O)/C(=N\OCC(=O)O)c4csc(N)n4)[C@@H]3SC2)=NC(N)=CC1N. The van der Waals surface area contributed by atoms with Gasteiger partial charge in [-0.3, -0.25) is 14.5 Å². The van der Waals surface area contributed by atoms with E-state index < -0.39 is 47.9 Å². The van der Waals surface area contributed by atoms with Gasteiger partial charge in [0.25, 0.3) is 11.8 Å². The number of nitrogens with two attached hydrogens (primary N) is 3. The normalized spacial score (nSPS) is 22.3. The first-order chi connectivity index (χ1) is 19.5. The van der Waals surface area contributed by atoms with Crippen molar-refractivity contribution in [3.63, 3.8) is 0 Å². The molecule has 1 saturated heterocycles. The molecule has 4 rings (SSSR count). The number of carbonyl (C=O) groups excluding carboxylic acids is 2. The maximum absolute atomic E-state index is 13.1. The van der Waals surface area contributed by atoms with Crippen LogP contribution in [-0.4, -0.2) is 102 Å². The second kappa shape index (κ2) is 12.6. The lowest BCUT2D eigenvalue weighted by Gasteiger charge is -2.49. The Morgan fingerprint density at radius 3 is 2.73 bits per heavy atom. The van der Waals surface area contributed by atoms with Crippen LogP contribution in [0.2, 0.25) is 0 Å². The Labute approximate surface area is 245 Å². The molecule has 0 bridgehead atoms. The molecular weight excluding hydrogens is 598 g/mol. The number of aliphatic imine (C=N–C) groups is 1. The van der Waals surface area contributed by atoms with Gasteiger partial charge in [-0.15, -0.1) is 29.7 Å². The van der Waals surface area contributed by atoms with Crippen LogP contribution in [0.15, 0.2) is 51.4 Å². The number of nitrogens with zero attached hydrogens (tertiary/aromatic N) is 5. The molecule has 41 heavy (non-hydrogen) atoms. The zero-order valence-corrected chi connectivity index (χ0v) is 23.6. The van der Waals surface area contributed by atoms with E-state index in [2.05, 4.69) is 27.0 Å². The smallest absolute Gasteiger partial charge is 0.352 e. The van der Waals surface area contributed by atoms with Crippen LogP contribution in [0.3, 0.4) is 0 Å². The fourth-order valence-corrected chi connectivity index (χ4v) is 7.06. The predicted molar refractivity (Wildman–Crippen MR) is 153 cm³/mol. The topological polar surface area (TPSA) is 252 Å². The summed E-state index contributed by atoms with van der Waals surface area (Å²) in [4.78, 5) is 65.1. The van der Waals surface area contributed by atoms with E-state index >= 15 is 0 Å². The molecule has 0 aromatic carbocycles. The molecule has 1 fully saturated rings. The number of fused-ring (bicyclic) bond motifs is 1. The minimum Gasteiger partial charge on any atom is -0.479 e. The van der Waals surface area contributed by atoms with Gasteiger partial charge in [0.2, 0.25) is 6.61 Å². The third-order valence-electron chi connectivity index (χ3n) is 5.73. The number of nitrogen functional groups attached to an aromatic ring is 1. The first kappa shape index (κ1) is 29.9. The van der Waals surface area contributed by atoms with Crippen molar-refractivity contribution in [2.24, 2.45) is 21.6 Å². The Kier molecular flexibility index (Phi) is 9.21. The van der Waals surface area contributed by atoms with Crippen molar-refractivity contribution in [2.75, 3.05) is 30.4 Å². The van der Waals surface area contributed by atoms with Gasteiger partial charge in [0.05, 0.1) is 0 Å². The predicted octanol–water partition coefficient (Wildman–Crippen LogP) is -1.06. The van der Waals surface area contributed by atoms with Crippen LogP contribution in [0.4, 0.5) is 5.13 Å². The van der Waals surface area contributed by atoms with E-state index in [4.69, 9.17) is 27.1 Å². The van der Waals surface area contributed by atoms with E-state index in [0.717, 1.165) is 16.2 Å². The number of amides is 2. The number of nitrogens with one attached hydrogen (secondary N) is 1. The average Bonchev–Trinajstić information content (AvgIpc) is 3.34. The lowest BCUT2D eigenvalue weighted by Crippen LogP contribution is -2.71. The largest absolute Gasteiger partial charge is 0.479 e. The maximum atomic E-state index is 13.1. The van der Waals surface area contributed by atoms with Crippen LogP contribution in [0, 0.1) is 0 Å². The van der Waals surface area contributed by atoms with Gasteiger partial charge in [-0.25, -0.2) is 19.6 Å². The molecule has 1 aromatic heterocycles. The zero-order valence-electron chi connectivity index (χ0n) is 21.1. The Bertz CT molecular complexity index is 1410. The molecule has 2 amide bonds. The standard InChI is InChI=1S/C22H25N9O7S3/c1-2-3-30-12(24)4-11(23)27-22(30)41-7-9-6-39-19-15(18(35)31(19)16(9)20(36)37)28-17(34)14(29-38-5-13(32)33)10-8-40-21(25)26-10/h2,4,8,12,15,19H,1,3,5-7,23-24H2,(H2,25,26)(H,28,34)(H,32,33)(H,36,37)/b29-14-/t12?,15?,19-/m0/s1. The molecule has 19 heteroatoms.